The summed E-state index contributed by atoms with van der Waals surface area (Å²) in [5.41, 5.74) is -0.909. The third kappa shape index (κ3) is 6.36. The van der Waals surface area contributed by atoms with E-state index in [9.17, 15) is 13.2 Å². The van der Waals surface area contributed by atoms with Crippen molar-refractivity contribution in [3.05, 3.63) is 65.4 Å². The number of rotatable bonds is 7. The van der Waals surface area contributed by atoms with Crippen LogP contribution in [0.3, 0.4) is 0 Å². The molecule has 1 unspecified atom stereocenters. The van der Waals surface area contributed by atoms with Gasteiger partial charge in [-0.15, -0.1) is 0 Å². The first-order valence-electron chi connectivity index (χ1n) is 13.7. The molecule has 2 aliphatic heterocycles. The predicted octanol–water partition coefficient (Wildman–Crippen LogP) is 5.83. The highest BCUT2D eigenvalue weighted by Gasteiger charge is 2.32. The summed E-state index contributed by atoms with van der Waals surface area (Å²) in [7, 11) is 1.62. The van der Waals surface area contributed by atoms with Crippen LogP contribution in [0.15, 0.2) is 42.6 Å². The van der Waals surface area contributed by atoms with Crippen LogP contribution in [0, 0.1) is 12.7 Å². The van der Waals surface area contributed by atoms with Crippen LogP contribution < -0.4 is 9.80 Å². The average molecular weight is 557 g/mol. The lowest BCUT2D eigenvalue weighted by Gasteiger charge is -2.37. The molecule has 4 heterocycles. The number of hydrogen-bond acceptors (Lipinski definition) is 6. The molecule has 39 heavy (non-hydrogen) atoms. The second kappa shape index (κ2) is 11.8. The van der Waals surface area contributed by atoms with Crippen molar-refractivity contribution in [3.63, 3.8) is 0 Å². The summed E-state index contributed by atoms with van der Waals surface area (Å²) in [6, 6.07) is 10.0. The van der Waals surface area contributed by atoms with Gasteiger partial charge in [-0.2, -0.15) is 8.78 Å². The molecule has 3 aromatic rings. The quantitative estimate of drug-likeness (QED) is 0.342. The summed E-state index contributed by atoms with van der Waals surface area (Å²) in [5.74, 6) is 2.00. The average Bonchev–Trinajstić information content (AvgIpc) is 2.94. The smallest absolute Gasteiger partial charge is 0.287 e. The minimum atomic E-state index is -3.04. The van der Waals surface area contributed by atoms with Gasteiger partial charge in [0, 0.05) is 49.9 Å². The number of pyridine rings is 1. The number of anilines is 2. The van der Waals surface area contributed by atoms with Gasteiger partial charge in [0.25, 0.3) is 5.66 Å². The van der Waals surface area contributed by atoms with Crippen LogP contribution in [0.25, 0.3) is 11.3 Å². The van der Waals surface area contributed by atoms with Crippen LogP contribution in [-0.4, -0.2) is 65.7 Å². The Kier molecular flexibility index (Phi) is 8.38. The standard InChI is InChI=1S/C29H36F3N6P/c1-3-11-36-12-8-21(9-13-36)27-34-25(22-6-7-24(30)20(2)18-22)19-26(35-27)37-14-16-38(17-15-37)28-23(29(31,32)39)5-4-10-33-28/h4-7,10,18-19,21H,3,8-9,11-17,39H2,1-2H3. The van der Waals surface area contributed by atoms with Crippen molar-refractivity contribution in [1.29, 1.82) is 0 Å². The number of aromatic nitrogens is 3. The Morgan fingerprint density at radius 3 is 2.36 bits per heavy atom. The fourth-order valence-electron chi connectivity index (χ4n) is 5.54. The molecule has 0 saturated carbocycles. The third-order valence-corrected chi connectivity index (χ3v) is 8.04. The van der Waals surface area contributed by atoms with E-state index in [1.807, 2.05) is 17.0 Å². The zero-order chi connectivity index (χ0) is 27.6. The van der Waals surface area contributed by atoms with Crippen molar-refractivity contribution in [3.8, 4) is 11.3 Å². The Hall–Kier alpha value is -2.77. The molecule has 6 nitrogen and oxygen atoms in total. The molecule has 10 heteroatoms. The first-order valence-corrected chi connectivity index (χ1v) is 14.3. The van der Waals surface area contributed by atoms with E-state index in [1.165, 1.54) is 12.1 Å². The molecular weight excluding hydrogens is 520 g/mol. The Morgan fingerprint density at radius 2 is 1.69 bits per heavy atom. The number of piperidine rings is 1. The van der Waals surface area contributed by atoms with Gasteiger partial charge in [0.1, 0.15) is 23.3 Å². The fraction of sp³-hybridized carbons (Fsp3) is 0.483. The summed E-state index contributed by atoms with van der Waals surface area (Å²) in [4.78, 5) is 20.9. The lowest BCUT2D eigenvalue weighted by Crippen LogP contribution is -2.47. The molecule has 0 amide bonds. The van der Waals surface area contributed by atoms with Gasteiger partial charge in [-0.1, -0.05) is 16.2 Å². The number of aryl methyl sites for hydroxylation is 1. The topological polar surface area (TPSA) is 48.4 Å². The number of hydrogen-bond donors (Lipinski definition) is 0. The molecular formula is C29H36F3N6P. The Bertz CT molecular complexity index is 1280. The zero-order valence-corrected chi connectivity index (χ0v) is 23.7. The number of benzene rings is 1. The monoisotopic (exact) mass is 556 g/mol. The van der Waals surface area contributed by atoms with E-state index in [-0.39, 0.29) is 17.3 Å². The van der Waals surface area contributed by atoms with Crippen LogP contribution in [0.2, 0.25) is 0 Å². The molecule has 2 aliphatic rings. The molecule has 208 valence electrons. The van der Waals surface area contributed by atoms with Gasteiger partial charge in [-0.05, 0) is 81.7 Å². The van der Waals surface area contributed by atoms with Gasteiger partial charge < -0.3 is 14.7 Å². The molecule has 5 rings (SSSR count). The van der Waals surface area contributed by atoms with Gasteiger partial charge in [-0.25, -0.2) is 19.3 Å². The Labute approximate surface area is 230 Å². The maximum absolute atomic E-state index is 14.2. The number of halogens is 3. The predicted molar refractivity (Wildman–Crippen MR) is 153 cm³/mol. The highest BCUT2D eigenvalue weighted by molar-refractivity contribution is 7.17. The van der Waals surface area contributed by atoms with Gasteiger partial charge >= 0.3 is 0 Å². The molecule has 0 spiro atoms. The Balaban J connectivity index is 1.41. The zero-order valence-electron chi connectivity index (χ0n) is 22.6. The highest BCUT2D eigenvalue weighted by atomic mass is 31.0. The minimum Gasteiger partial charge on any atom is -0.353 e. The van der Waals surface area contributed by atoms with Crippen LogP contribution in [0.5, 0.6) is 0 Å². The van der Waals surface area contributed by atoms with Crippen molar-refractivity contribution in [2.24, 2.45) is 0 Å². The minimum absolute atomic E-state index is 0.0869. The Morgan fingerprint density at radius 1 is 0.974 bits per heavy atom. The van der Waals surface area contributed by atoms with E-state index in [2.05, 4.69) is 21.7 Å². The maximum Gasteiger partial charge on any atom is 0.287 e. The molecule has 0 bridgehead atoms. The van der Waals surface area contributed by atoms with Crippen LogP contribution in [0.4, 0.5) is 24.8 Å². The summed E-state index contributed by atoms with van der Waals surface area (Å²) < 4.78 is 42.4. The lowest BCUT2D eigenvalue weighted by atomic mass is 9.95. The molecule has 2 aromatic heterocycles. The second-order valence-electron chi connectivity index (χ2n) is 10.5. The number of alkyl halides is 2. The third-order valence-electron chi connectivity index (χ3n) is 7.73. The summed E-state index contributed by atoms with van der Waals surface area (Å²) >= 11 is 0. The second-order valence-corrected chi connectivity index (χ2v) is 11.2. The first kappa shape index (κ1) is 27.8. The van der Waals surface area contributed by atoms with Gasteiger partial charge in [0.2, 0.25) is 0 Å². The molecule has 1 aromatic carbocycles. The molecule has 2 saturated heterocycles. The molecule has 0 aliphatic carbocycles. The molecule has 0 radical (unpaired) electrons. The molecule has 2 fully saturated rings. The van der Waals surface area contributed by atoms with E-state index in [0.717, 1.165) is 61.8 Å². The van der Waals surface area contributed by atoms with E-state index < -0.39 is 5.66 Å². The largest absolute Gasteiger partial charge is 0.353 e. The summed E-state index contributed by atoms with van der Waals surface area (Å²) in [5, 5.41) is 0. The first-order chi connectivity index (χ1) is 18.7. The highest BCUT2D eigenvalue weighted by Crippen LogP contribution is 2.40. The maximum atomic E-state index is 14.2. The summed E-state index contributed by atoms with van der Waals surface area (Å²) in [6.07, 6.45) is 4.71. The number of nitrogens with zero attached hydrogens (tertiary/aromatic N) is 6. The van der Waals surface area contributed by atoms with E-state index in [4.69, 9.17) is 9.97 Å². The van der Waals surface area contributed by atoms with Crippen LogP contribution in [-0.2, 0) is 5.66 Å². The lowest BCUT2D eigenvalue weighted by molar-refractivity contribution is 0.104. The van der Waals surface area contributed by atoms with Gasteiger partial charge in [-0.3, -0.25) is 0 Å². The van der Waals surface area contributed by atoms with Crippen molar-refractivity contribution < 1.29 is 13.2 Å². The van der Waals surface area contributed by atoms with Crippen molar-refractivity contribution in [2.75, 3.05) is 55.6 Å². The normalized spacial score (nSPS) is 17.6. The van der Waals surface area contributed by atoms with E-state index >= 15 is 0 Å². The van der Waals surface area contributed by atoms with Crippen LogP contribution >= 0.6 is 9.24 Å². The van der Waals surface area contributed by atoms with Gasteiger partial charge in [0.15, 0.2) is 0 Å². The van der Waals surface area contributed by atoms with E-state index in [1.54, 1.807) is 34.5 Å². The summed E-state index contributed by atoms with van der Waals surface area (Å²) in [6.45, 7) is 9.46. The number of likely N-dealkylation sites (tertiary alicyclic amines) is 1. The van der Waals surface area contributed by atoms with E-state index in [0.29, 0.717) is 37.6 Å². The van der Waals surface area contributed by atoms with Crippen LogP contribution in [0.1, 0.15) is 49.1 Å². The number of piperazine rings is 1. The SMILES string of the molecule is CCCN1CCC(c2nc(-c3ccc(F)c(C)c3)cc(N3CCN(c4ncccc4C(F)(F)P)CC3)n2)CC1. The fourth-order valence-corrected chi connectivity index (χ4v) is 5.76. The van der Waals surface area contributed by atoms with Crippen molar-refractivity contribution in [1.82, 2.24) is 19.9 Å². The molecule has 0 N–H and O–H groups in total. The molecule has 1 atom stereocenters. The van der Waals surface area contributed by atoms with Gasteiger partial charge in [0.05, 0.1) is 11.3 Å². The van der Waals surface area contributed by atoms with Crippen molar-refractivity contribution >= 4 is 20.9 Å². The van der Waals surface area contributed by atoms with Crippen molar-refractivity contribution in [2.45, 2.75) is 44.7 Å².